The zero-order chi connectivity index (χ0) is 20.7. The van der Waals surface area contributed by atoms with Crippen LogP contribution in [0.15, 0.2) is 53.4 Å². The van der Waals surface area contributed by atoms with Crippen LogP contribution in [0.25, 0.3) is 11.1 Å². The monoisotopic (exact) mass is 409 g/mol. The molecular formula is C21H20FN5O3. The normalized spacial score (nSPS) is 19.6. The number of ether oxygens (including phenoxy) is 1. The van der Waals surface area contributed by atoms with E-state index >= 15 is 0 Å². The third-order valence-corrected chi connectivity index (χ3v) is 5.46. The van der Waals surface area contributed by atoms with Gasteiger partial charge in [-0.1, -0.05) is 11.2 Å². The number of carbonyl (C=O) groups excluding carboxylic acids is 1. The van der Waals surface area contributed by atoms with Gasteiger partial charge < -0.3 is 20.3 Å². The molecule has 1 saturated carbocycles. The highest BCUT2D eigenvalue weighted by atomic mass is 19.1. The van der Waals surface area contributed by atoms with E-state index in [4.69, 9.17) is 15.0 Å². The quantitative estimate of drug-likeness (QED) is 0.643. The number of amides is 1. The number of rotatable bonds is 6. The van der Waals surface area contributed by atoms with Crippen molar-refractivity contribution in [3.8, 4) is 11.1 Å². The van der Waals surface area contributed by atoms with Gasteiger partial charge in [0.2, 0.25) is 0 Å². The zero-order valence-corrected chi connectivity index (χ0v) is 16.0. The molecule has 0 bridgehead atoms. The van der Waals surface area contributed by atoms with Gasteiger partial charge in [-0.25, -0.2) is 9.18 Å². The third-order valence-electron chi connectivity index (χ3n) is 5.46. The molecule has 3 aromatic rings. The highest BCUT2D eigenvalue weighted by Crippen LogP contribution is 2.42. The molecule has 3 N–H and O–H groups in total. The number of aromatic nitrogens is 2. The summed E-state index contributed by atoms with van der Waals surface area (Å²) in [5, 5.41) is 6.77. The molecule has 1 amide bonds. The first-order chi connectivity index (χ1) is 14.5. The van der Waals surface area contributed by atoms with Crippen molar-refractivity contribution in [1.29, 1.82) is 0 Å². The number of halogens is 1. The molecule has 0 spiro atoms. The van der Waals surface area contributed by atoms with Gasteiger partial charge in [0.05, 0.1) is 30.0 Å². The van der Waals surface area contributed by atoms with Crippen LogP contribution in [0.3, 0.4) is 0 Å². The molecule has 0 radical (unpaired) electrons. The Morgan fingerprint density at radius 1 is 1.27 bits per heavy atom. The maximum absolute atomic E-state index is 14.8. The summed E-state index contributed by atoms with van der Waals surface area (Å²) in [4.78, 5) is 18.1. The van der Waals surface area contributed by atoms with Crippen molar-refractivity contribution in [1.82, 2.24) is 10.1 Å². The first-order valence-corrected chi connectivity index (χ1v) is 9.70. The number of nitrogens with zero attached hydrogens (tertiary/aromatic N) is 3. The Labute approximate surface area is 171 Å². The van der Waals surface area contributed by atoms with Gasteiger partial charge >= 0.3 is 6.09 Å². The highest BCUT2D eigenvalue weighted by molar-refractivity contribution is 5.90. The fourth-order valence-corrected chi connectivity index (χ4v) is 3.51. The topological polar surface area (TPSA) is 107 Å². The lowest BCUT2D eigenvalue weighted by Gasteiger charge is -2.15. The van der Waals surface area contributed by atoms with Gasteiger partial charge in [-0.2, -0.15) is 0 Å². The Hall–Kier alpha value is -3.46. The number of nitrogens with two attached hydrogens (primary N) is 1. The van der Waals surface area contributed by atoms with Crippen LogP contribution in [-0.2, 0) is 10.3 Å². The van der Waals surface area contributed by atoms with Crippen molar-refractivity contribution in [3.63, 3.8) is 0 Å². The predicted octanol–water partition coefficient (Wildman–Crippen LogP) is 3.26. The Balaban J connectivity index is 1.29. The fraction of sp³-hybridized carbons (Fsp3) is 0.286. The predicted molar refractivity (Wildman–Crippen MR) is 107 cm³/mol. The van der Waals surface area contributed by atoms with Crippen LogP contribution in [0.4, 0.5) is 20.7 Å². The highest BCUT2D eigenvalue weighted by Gasteiger charge is 2.41. The molecular weight excluding hydrogens is 389 g/mol. The van der Waals surface area contributed by atoms with Gasteiger partial charge in [-0.3, -0.25) is 9.88 Å². The van der Waals surface area contributed by atoms with E-state index in [9.17, 15) is 9.18 Å². The fourth-order valence-electron chi connectivity index (χ4n) is 3.51. The second-order valence-electron chi connectivity index (χ2n) is 7.63. The minimum absolute atomic E-state index is 0.303. The molecule has 2 aliphatic rings. The second kappa shape index (κ2) is 7.10. The average Bonchev–Trinajstić information content (AvgIpc) is 3.14. The Kier molecular flexibility index (Phi) is 4.39. The van der Waals surface area contributed by atoms with Crippen molar-refractivity contribution in [2.24, 2.45) is 5.73 Å². The zero-order valence-electron chi connectivity index (χ0n) is 16.0. The van der Waals surface area contributed by atoms with Gasteiger partial charge in [0, 0.05) is 23.4 Å². The second-order valence-corrected chi connectivity index (χ2v) is 7.63. The molecule has 154 valence electrons. The number of anilines is 2. The maximum Gasteiger partial charge on any atom is 0.414 e. The summed E-state index contributed by atoms with van der Waals surface area (Å²) in [6, 6.07) is 10.0. The van der Waals surface area contributed by atoms with Crippen molar-refractivity contribution in [2.45, 2.75) is 24.5 Å². The maximum atomic E-state index is 14.8. The van der Waals surface area contributed by atoms with Crippen LogP contribution >= 0.6 is 0 Å². The molecule has 9 heteroatoms. The molecule has 2 fully saturated rings. The summed E-state index contributed by atoms with van der Waals surface area (Å²) >= 11 is 0. The van der Waals surface area contributed by atoms with E-state index in [0.717, 1.165) is 18.5 Å². The first kappa shape index (κ1) is 18.6. The van der Waals surface area contributed by atoms with Gasteiger partial charge in [0.1, 0.15) is 18.2 Å². The lowest BCUT2D eigenvalue weighted by atomic mass is 10.0. The van der Waals surface area contributed by atoms with Crippen molar-refractivity contribution in [2.75, 3.05) is 23.3 Å². The summed E-state index contributed by atoms with van der Waals surface area (Å²) in [5.74, 6) is 0.120. The lowest BCUT2D eigenvalue weighted by Crippen LogP contribution is -2.27. The smallest absolute Gasteiger partial charge is 0.414 e. The lowest BCUT2D eigenvalue weighted by molar-refractivity contribution is 0.147. The van der Waals surface area contributed by atoms with Crippen molar-refractivity contribution < 1.29 is 18.4 Å². The number of nitrogens with one attached hydrogen (secondary N) is 1. The number of benzene rings is 1. The van der Waals surface area contributed by atoms with Crippen LogP contribution in [0.1, 0.15) is 18.5 Å². The van der Waals surface area contributed by atoms with E-state index in [1.165, 1.54) is 17.2 Å². The summed E-state index contributed by atoms with van der Waals surface area (Å²) in [7, 11) is 0. The SMILES string of the molecule is NC1(c2ccc(-c3ccc(N4C[C@H](CNc5ccon5)OC4=O)cc3F)cn2)CC1. The van der Waals surface area contributed by atoms with E-state index in [1.54, 1.807) is 24.4 Å². The number of hydrogen-bond acceptors (Lipinski definition) is 7. The summed E-state index contributed by atoms with van der Waals surface area (Å²) < 4.78 is 24.9. The molecule has 3 heterocycles. The number of pyridine rings is 1. The van der Waals surface area contributed by atoms with Crippen LogP contribution in [-0.4, -0.2) is 35.4 Å². The van der Waals surface area contributed by atoms with Gasteiger partial charge in [-0.15, -0.1) is 0 Å². The van der Waals surface area contributed by atoms with E-state index in [2.05, 4.69) is 15.5 Å². The van der Waals surface area contributed by atoms with E-state index in [-0.39, 0.29) is 11.6 Å². The summed E-state index contributed by atoms with van der Waals surface area (Å²) in [6.45, 7) is 0.674. The molecule has 30 heavy (non-hydrogen) atoms. The number of cyclic esters (lactones) is 1. The number of carbonyl (C=O) groups is 1. The molecule has 0 unspecified atom stereocenters. The molecule has 1 aromatic carbocycles. The summed E-state index contributed by atoms with van der Waals surface area (Å²) in [6.07, 6.45) is 4.02. The number of hydrogen-bond donors (Lipinski definition) is 2. The Morgan fingerprint density at radius 3 is 2.80 bits per heavy atom. The van der Waals surface area contributed by atoms with Crippen molar-refractivity contribution >= 4 is 17.6 Å². The van der Waals surface area contributed by atoms with Crippen LogP contribution < -0.4 is 16.0 Å². The van der Waals surface area contributed by atoms with E-state index in [0.29, 0.717) is 35.7 Å². The molecule has 5 rings (SSSR count). The molecule has 1 atom stereocenters. The van der Waals surface area contributed by atoms with Gasteiger partial charge in [-0.05, 0) is 37.1 Å². The summed E-state index contributed by atoms with van der Waals surface area (Å²) in [5.41, 5.74) is 8.16. The molecule has 1 aliphatic carbocycles. The largest absolute Gasteiger partial charge is 0.442 e. The van der Waals surface area contributed by atoms with E-state index < -0.39 is 11.9 Å². The molecule has 1 aliphatic heterocycles. The minimum atomic E-state index is -0.516. The molecule has 2 aromatic heterocycles. The van der Waals surface area contributed by atoms with Gasteiger partial charge in [0.15, 0.2) is 5.82 Å². The standard InChI is InChI=1S/C21H20FN5O3/c22-17-9-14(27-12-15(30-20(27)28)11-25-19-5-8-29-26-19)2-3-16(17)13-1-4-18(24-10-13)21(23)6-7-21/h1-5,8-10,15H,6-7,11-12,23H2,(H,25,26)/t15-/m0/s1. The molecule has 8 nitrogen and oxygen atoms in total. The van der Waals surface area contributed by atoms with Crippen LogP contribution in [0.2, 0.25) is 0 Å². The minimum Gasteiger partial charge on any atom is -0.442 e. The Morgan fingerprint density at radius 2 is 2.13 bits per heavy atom. The van der Waals surface area contributed by atoms with Crippen molar-refractivity contribution in [3.05, 3.63) is 60.4 Å². The average molecular weight is 409 g/mol. The first-order valence-electron chi connectivity index (χ1n) is 9.70. The van der Waals surface area contributed by atoms with Crippen LogP contribution in [0.5, 0.6) is 0 Å². The Bertz CT molecular complexity index is 1070. The van der Waals surface area contributed by atoms with E-state index in [1.807, 2.05) is 12.1 Å². The van der Waals surface area contributed by atoms with Crippen LogP contribution in [0, 0.1) is 5.82 Å². The molecule has 1 saturated heterocycles. The third kappa shape index (κ3) is 3.48. The van der Waals surface area contributed by atoms with Gasteiger partial charge in [0.25, 0.3) is 0 Å².